The molecule has 0 unspecified atom stereocenters. The van der Waals surface area contributed by atoms with Gasteiger partial charge in [0, 0.05) is 19.4 Å². The number of rotatable bonds is 4. The van der Waals surface area contributed by atoms with E-state index < -0.39 is 17.6 Å². The summed E-state index contributed by atoms with van der Waals surface area (Å²) in [7, 11) is 0. The summed E-state index contributed by atoms with van der Waals surface area (Å²) in [4.78, 5) is 42.7. The van der Waals surface area contributed by atoms with Crippen LogP contribution in [-0.4, -0.2) is 34.8 Å². The molecule has 1 N–H and O–H groups in total. The Bertz CT molecular complexity index is 1060. The van der Waals surface area contributed by atoms with E-state index in [0.717, 1.165) is 5.56 Å². The summed E-state index contributed by atoms with van der Waals surface area (Å²) in [6, 6.07) is 11.7. The van der Waals surface area contributed by atoms with E-state index in [2.05, 4.69) is 5.32 Å². The van der Waals surface area contributed by atoms with Crippen molar-refractivity contribution in [2.45, 2.75) is 38.4 Å². The van der Waals surface area contributed by atoms with Gasteiger partial charge in [-0.25, -0.2) is 0 Å². The van der Waals surface area contributed by atoms with E-state index in [9.17, 15) is 14.4 Å². The maximum Gasteiger partial charge on any atom is 0.267 e. The lowest BCUT2D eigenvalue weighted by molar-refractivity contribution is -0.134. The Morgan fingerprint density at radius 3 is 2.60 bits per heavy atom. The van der Waals surface area contributed by atoms with Crippen LogP contribution < -0.4 is 10.2 Å². The van der Waals surface area contributed by atoms with Crippen molar-refractivity contribution in [3.63, 3.8) is 0 Å². The normalized spacial score (nSPS) is 21.3. The fourth-order valence-corrected chi connectivity index (χ4v) is 4.69. The van der Waals surface area contributed by atoms with Gasteiger partial charge < -0.3 is 10.2 Å². The molecule has 2 atom stereocenters. The SMILES string of the molecule is CCN1C(=O)c2ccccc2N2C(=O)CC[C@]12C(=O)N[C@@H](C)c1ccc(Cl)c(Cl)c1. The number of nitrogens with one attached hydrogen (secondary N) is 1. The lowest BCUT2D eigenvalue weighted by Crippen LogP contribution is -2.70. The molecule has 30 heavy (non-hydrogen) atoms. The van der Waals surface area contributed by atoms with Crippen molar-refractivity contribution in [3.05, 3.63) is 63.6 Å². The molecule has 0 aromatic heterocycles. The molecule has 1 fully saturated rings. The maximum absolute atomic E-state index is 13.6. The molecule has 0 radical (unpaired) electrons. The van der Waals surface area contributed by atoms with Gasteiger partial charge in [0.25, 0.3) is 11.8 Å². The van der Waals surface area contributed by atoms with Gasteiger partial charge in [-0.1, -0.05) is 41.4 Å². The number of fused-ring (bicyclic) bond motifs is 3. The molecular weight excluding hydrogens is 425 g/mol. The van der Waals surface area contributed by atoms with E-state index >= 15 is 0 Å². The Labute approximate surface area is 184 Å². The minimum Gasteiger partial charge on any atom is -0.346 e. The fraction of sp³-hybridized carbons (Fsp3) is 0.318. The molecule has 0 bridgehead atoms. The molecular formula is C22H21Cl2N3O3. The molecule has 6 nitrogen and oxygen atoms in total. The largest absolute Gasteiger partial charge is 0.346 e. The first-order valence-electron chi connectivity index (χ1n) is 9.81. The van der Waals surface area contributed by atoms with Crippen molar-refractivity contribution in [2.75, 3.05) is 11.4 Å². The smallest absolute Gasteiger partial charge is 0.267 e. The molecule has 0 aliphatic carbocycles. The molecule has 2 aliphatic heterocycles. The highest BCUT2D eigenvalue weighted by atomic mass is 35.5. The van der Waals surface area contributed by atoms with Crippen LogP contribution in [0.2, 0.25) is 10.0 Å². The molecule has 1 saturated heterocycles. The Balaban J connectivity index is 1.75. The Kier molecular flexibility index (Phi) is 5.24. The molecule has 2 heterocycles. The average Bonchev–Trinajstić information content (AvgIpc) is 3.08. The minimum absolute atomic E-state index is 0.175. The van der Waals surface area contributed by atoms with Crippen molar-refractivity contribution in [2.24, 2.45) is 0 Å². The van der Waals surface area contributed by atoms with Crippen molar-refractivity contribution >= 4 is 46.6 Å². The molecule has 0 spiro atoms. The topological polar surface area (TPSA) is 69.7 Å². The van der Waals surface area contributed by atoms with Crippen LogP contribution in [0, 0.1) is 0 Å². The number of halogens is 2. The summed E-state index contributed by atoms with van der Waals surface area (Å²) in [5, 5.41) is 3.80. The Morgan fingerprint density at radius 1 is 1.17 bits per heavy atom. The van der Waals surface area contributed by atoms with Crippen LogP contribution in [-0.2, 0) is 9.59 Å². The summed E-state index contributed by atoms with van der Waals surface area (Å²) in [6.45, 7) is 3.93. The van der Waals surface area contributed by atoms with Gasteiger partial charge in [-0.3, -0.25) is 19.3 Å². The summed E-state index contributed by atoms with van der Waals surface area (Å²) in [5.41, 5.74) is 0.292. The number of hydrogen-bond acceptors (Lipinski definition) is 3. The molecule has 2 aromatic rings. The number of hydrogen-bond donors (Lipinski definition) is 1. The third-order valence-electron chi connectivity index (χ3n) is 5.84. The molecule has 0 saturated carbocycles. The summed E-state index contributed by atoms with van der Waals surface area (Å²) in [5.74, 6) is -0.821. The molecule has 156 valence electrons. The standard InChI is InChI=1S/C22H21Cl2N3O3/c1-3-26-20(29)15-6-4-5-7-18(15)27-19(28)10-11-22(26,27)21(30)25-13(2)14-8-9-16(23)17(24)12-14/h4-9,12-13H,3,10-11H2,1-2H3,(H,25,30)/t13-,22-/m0/s1. The number of nitrogens with zero attached hydrogens (tertiary/aromatic N) is 2. The lowest BCUT2D eigenvalue weighted by atomic mass is 9.95. The van der Waals surface area contributed by atoms with E-state index in [4.69, 9.17) is 23.2 Å². The number of carbonyl (C=O) groups excluding carboxylic acids is 3. The number of para-hydroxylation sites is 1. The van der Waals surface area contributed by atoms with Gasteiger partial charge in [0.2, 0.25) is 11.6 Å². The van der Waals surface area contributed by atoms with Crippen LogP contribution in [0.25, 0.3) is 0 Å². The highest BCUT2D eigenvalue weighted by Crippen LogP contribution is 2.44. The monoisotopic (exact) mass is 445 g/mol. The zero-order valence-corrected chi connectivity index (χ0v) is 18.1. The molecule has 3 amide bonds. The van der Waals surface area contributed by atoms with Gasteiger partial charge in [0.05, 0.1) is 27.3 Å². The van der Waals surface area contributed by atoms with E-state index in [-0.39, 0.29) is 24.7 Å². The molecule has 2 aliphatic rings. The van der Waals surface area contributed by atoms with Crippen molar-refractivity contribution in [3.8, 4) is 0 Å². The zero-order valence-electron chi connectivity index (χ0n) is 16.6. The van der Waals surface area contributed by atoms with E-state index in [0.29, 0.717) is 27.8 Å². The first-order chi connectivity index (χ1) is 14.3. The third-order valence-corrected chi connectivity index (χ3v) is 6.58. The molecule has 4 rings (SSSR count). The van der Waals surface area contributed by atoms with E-state index in [1.54, 1.807) is 42.5 Å². The van der Waals surface area contributed by atoms with E-state index in [1.807, 2.05) is 13.8 Å². The zero-order chi connectivity index (χ0) is 21.6. The third kappa shape index (κ3) is 2.97. The predicted octanol–water partition coefficient (Wildman–Crippen LogP) is 4.17. The summed E-state index contributed by atoms with van der Waals surface area (Å²) in [6.07, 6.45) is 0.423. The predicted molar refractivity (Wildman–Crippen MR) is 116 cm³/mol. The Hall–Kier alpha value is -2.57. The van der Waals surface area contributed by atoms with Gasteiger partial charge >= 0.3 is 0 Å². The van der Waals surface area contributed by atoms with Gasteiger partial charge in [-0.05, 0) is 43.7 Å². The second-order valence-electron chi connectivity index (χ2n) is 7.48. The van der Waals surface area contributed by atoms with Crippen LogP contribution in [0.15, 0.2) is 42.5 Å². The number of benzene rings is 2. The average molecular weight is 446 g/mol. The second kappa shape index (κ2) is 7.60. The second-order valence-corrected chi connectivity index (χ2v) is 8.30. The van der Waals surface area contributed by atoms with Gasteiger partial charge in [-0.2, -0.15) is 0 Å². The van der Waals surface area contributed by atoms with Crippen LogP contribution in [0.4, 0.5) is 5.69 Å². The van der Waals surface area contributed by atoms with Gasteiger partial charge in [-0.15, -0.1) is 0 Å². The Morgan fingerprint density at radius 2 is 1.90 bits per heavy atom. The highest BCUT2D eigenvalue weighted by molar-refractivity contribution is 6.42. The van der Waals surface area contributed by atoms with Crippen molar-refractivity contribution in [1.82, 2.24) is 10.2 Å². The quantitative estimate of drug-likeness (QED) is 0.767. The van der Waals surface area contributed by atoms with E-state index in [1.165, 1.54) is 9.80 Å². The molecule has 8 heteroatoms. The van der Waals surface area contributed by atoms with Gasteiger partial charge in [0.15, 0.2) is 0 Å². The van der Waals surface area contributed by atoms with Crippen LogP contribution in [0.3, 0.4) is 0 Å². The molecule has 2 aromatic carbocycles. The summed E-state index contributed by atoms with van der Waals surface area (Å²) < 4.78 is 0. The van der Waals surface area contributed by atoms with Crippen LogP contribution in [0.1, 0.15) is 48.7 Å². The summed E-state index contributed by atoms with van der Waals surface area (Å²) >= 11 is 12.1. The lowest BCUT2D eigenvalue weighted by Gasteiger charge is -2.49. The first-order valence-corrected chi connectivity index (χ1v) is 10.6. The first kappa shape index (κ1) is 20.7. The number of amides is 3. The van der Waals surface area contributed by atoms with Crippen molar-refractivity contribution in [1.29, 1.82) is 0 Å². The van der Waals surface area contributed by atoms with Crippen molar-refractivity contribution < 1.29 is 14.4 Å². The number of anilines is 1. The van der Waals surface area contributed by atoms with Crippen LogP contribution in [0.5, 0.6) is 0 Å². The van der Waals surface area contributed by atoms with Gasteiger partial charge in [0.1, 0.15) is 0 Å². The van der Waals surface area contributed by atoms with Crippen LogP contribution >= 0.6 is 23.2 Å². The minimum atomic E-state index is -1.39. The maximum atomic E-state index is 13.6. The highest BCUT2D eigenvalue weighted by Gasteiger charge is 2.60. The fourth-order valence-electron chi connectivity index (χ4n) is 4.38. The number of carbonyl (C=O) groups is 3. The number of likely N-dealkylation sites (N-methyl/N-ethyl adjacent to an activating group) is 1.